The number of rotatable bonds is 5. The minimum atomic E-state index is -1.06. The van der Waals surface area contributed by atoms with E-state index in [4.69, 9.17) is 0 Å². The quantitative estimate of drug-likeness (QED) is 0.793. The minimum Gasteiger partial charge on any atom is -0.319 e. The molecule has 0 aromatic heterocycles. The molecule has 0 unspecified atom stereocenters. The molecule has 4 aliphatic carbocycles. The molecule has 6 rings (SSSR count). The van der Waals surface area contributed by atoms with Crippen LogP contribution in [0.25, 0.3) is 0 Å². The van der Waals surface area contributed by atoms with E-state index in [1.165, 1.54) is 24.2 Å². The van der Waals surface area contributed by atoms with Crippen molar-refractivity contribution < 1.29 is 14.4 Å². The molecule has 1 aromatic rings. The summed E-state index contributed by atoms with van der Waals surface area (Å²) in [6, 6.07) is 8.93. The van der Waals surface area contributed by atoms with Gasteiger partial charge in [-0.15, -0.1) is 0 Å². The predicted octanol–water partition coefficient (Wildman–Crippen LogP) is 3.63. The average molecular weight is 380 g/mol. The third kappa shape index (κ3) is 2.48. The molecule has 0 radical (unpaired) electrons. The van der Waals surface area contributed by atoms with Crippen LogP contribution in [0.5, 0.6) is 0 Å². The van der Waals surface area contributed by atoms with E-state index in [1.54, 1.807) is 0 Å². The maximum atomic E-state index is 13.4. The van der Waals surface area contributed by atoms with Gasteiger partial charge in [0.05, 0.1) is 6.54 Å². The Kier molecular flexibility index (Phi) is 3.94. The van der Waals surface area contributed by atoms with Gasteiger partial charge in [-0.1, -0.05) is 37.3 Å². The standard InChI is InChI=1S/C23H28N2O3/c1-2-23(18-6-4-3-5-7-18)20(27)25(21(28)24-23)14-19(26)22-11-15-8-16(12-22)10-17(9-15)13-22/h3-7,15-17H,2,8-14H2,1H3,(H,24,28)/t15?,16?,17?,22?,23-/m1/s1. The number of hydrogen-bond acceptors (Lipinski definition) is 3. The van der Waals surface area contributed by atoms with Crippen molar-refractivity contribution in [1.82, 2.24) is 10.2 Å². The molecule has 5 nitrogen and oxygen atoms in total. The van der Waals surface area contributed by atoms with Crippen molar-refractivity contribution in [3.8, 4) is 0 Å². The SMILES string of the molecule is CC[C@]1(c2ccccc2)NC(=O)N(CC(=O)C23CC4CC(CC(C4)C2)C3)C1=O. The fourth-order valence-electron chi connectivity index (χ4n) is 6.90. The van der Waals surface area contributed by atoms with Crippen LogP contribution in [0, 0.1) is 23.2 Å². The number of nitrogens with zero attached hydrogens (tertiary/aromatic N) is 1. The summed E-state index contributed by atoms with van der Waals surface area (Å²) in [5.41, 5.74) is -0.569. The molecule has 4 bridgehead atoms. The fraction of sp³-hybridized carbons (Fsp3) is 0.609. The van der Waals surface area contributed by atoms with Gasteiger partial charge in [0.15, 0.2) is 5.78 Å². The number of ketones is 1. The van der Waals surface area contributed by atoms with Crippen LogP contribution in [-0.2, 0) is 15.1 Å². The van der Waals surface area contributed by atoms with Crippen LogP contribution in [0.2, 0.25) is 0 Å². The second-order valence-corrected chi connectivity index (χ2v) is 9.57. The Balaban J connectivity index is 1.39. The van der Waals surface area contributed by atoms with Gasteiger partial charge >= 0.3 is 6.03 Å². The molecule has 0 spiro atoms. The summed E-state index contributed by atoms with van der Waals surface area (Å²) in [5, 5.41) is 2.90. The number of nitrogens with one attached hydrogen (secondary N) is 1. The third-order valence-corrected chi connectivity index (χ3v) is 7.90. The van der Waals surface area contributed by atoms with Crippen molar-refractivity contribution in [3.05, 3.63) is 35.9 Å². The molecular weight excluding hydrogens is 352 g/mol. The number of Topliss-reactive ketones (excluding diaryl/α,β-unsaturated/α-hetero) is 1. The molecule has 4 saturated carbocycles. The van der Waals surface area contributed by atoms with Gasteiger partial charge in [0.1, 0.15) is 5.54 Å². The first-order chi connectivity index (χ1) is 13.5. The Labute approximate surface area is 165 Å². The second-order valence-electron chi connectivity index (χ2n) is 9.57. The Bertz CT molecular complexity index is 798. The van der Waals surface area contributed by atoms with Crippen LogP contribution in [-0.4, -0.2) is 29.2 Å². The van der Waals surface area contributed by atoms with Gasteiger partial charge in [-0.3, -0.25) is 14.5 Å². The Hall–Kier alpha value is -2.17. The largest absolute Gasteiger partial charge is 0.325 e. The number of amides is 3. The maximum absolute atomic E-state index is 13.4. The van der Waals surface area contributed by atoms with E-state index in [9.17, 15) is 14.4 Å². The highest BCUT2D eigenvalue weighted by Crippen LogP contribution is 2.60. The molecule has 1 N–H and O–H groups in total. The molecule has 5 aliphatic rings. The predicted molar refractivity (Wildman–Crippen MR) is 104 cm³/mol. The number of benzene rings is 1. The van der Waals surface area contributed by atoms with Gasteiger partial charge in [0.25, 0.3) is 5.91 Å². The summed E-state index contributed by atoms with van der Waals surface area (Å²) in [5.74, 6) is 1.81. The highest BCUT2D eigenvalue weighted by molar-refractivity contribution is 6.10. The van der Waals surface area contributed by atoms with Gasteiger partial charge in [0, 0.05) is 5.41 Å². The molecule has 3 amide bonds. The summed E-state index contributed by atoms with van der Waals surface area (Å²) < 4.78 is 0. The lowest BCUT2D eigenvalue weighted by Gasteiger charge is -2.56. The number of hydrogen-bond donors (Lipinski definition) is 1. The van der Waals surface area contributed by atoms with Crippen molar-refractivity contribution in [1.29, 1.82) is 0 Å². The maximum Gasteiger partial charge on any atom is 0.325 e. The Morgan fingerprint density at radius 2 is 1.61 bits per heavy atom. The minimum absolute atomic E-state index is 0.0780. The first kappa shape index (κ1) is 17.9. The van der Waals surface area contributed by atoms with Crippen molar-refractivity contribution >= 4 is 17.7 Å². The number of imide groups is 1. The lowest BCUT2D eigenvalue weighted by molar-refractivity contribution is -0.147. The van der Waals surface area contributed by atoms with E-state index < -0.39 is 11.6 Å². The third-order valence-electron chi connectivity index (χ3n) is 7.90. The highest BCUT2D eigenvalue weighted by atomic mass is 16.2. The normalized spacial score (nSPS) is 38.8. The van der Waals surface area contributed by atoms with E-state index in [-0.39, 0.29) is 23.7 Å². The molecule has 1 saturated heterocycles. The van der Waals surface area contributed by atoms with E-state index in [2.05, 4.69) is 5.32 Å². The van der Waals surface area contributed by atoms with Crippen molar-refractivity contribution in [3.63, 3.8) is 0 Å². The second kappa shape index (κ2) is 6.16. The van der Waals surface area contributed by atoms with Crippen molar-refractivity contribution in [2.75, 3.05) is 6.54 Å². The van der Waals surface area contributed by atoms with E-state index in [1.807, 2.05) is 37.3 Å². The first-order valence-corrected chi connectivity index (χ1v) is 10.7. The summed E-state index contributed by atoms with van der Waals surface area (Å²) in [7, 11) is 0. The average Bonchev–Trinajstić information content (AvgIpc) is 2.93. The van der Waals surface area contributed by atoms with Crippen molar-refractivity contribution in [2.45, 2.75) is 57.4 Å². The molecule has 5 fully saturated rings. The first-order valence-electron chi connectivity index (χ1n) is 10.7. The number of urea groups is 1. The van der Waals surface area contributed by atoms with Gasteiger partial charge in [-0.2, -0.15) is 0 Å². The Morgan fingerprint density at radius 1 is 1.04 bits per heavy atom. The summed E-state index contributed by atoms with van der Waals surface area (Å²) >= 11 is 0. The van der Waals surface area contributed by atoms with Gasteiger partial charge in [-0.25, -0.2) is 4.79 Å². The number of carbonyl (C=O) groups excluding carboxylic acids is 3. The molecular formula is C23H28N2O3. The topological polar surface area (TPSA) is 66.5 Å². The lowest BCUT2D eigenvalue weighted by Crippen LogP contribution is -2.53. The number of carbonyl (C=O) groups is 3. The molecule has 1 aromatic carbocycles. The monoisotopic (exact) mass is 380 g/mol. The van der Waals surface area contributed by atoms with Crippen LogP contribution in [0.4, 0.5) is 4.79 Å². The van der Waals surface area contributed by atoms with Crippen molar-refractivity contribution in [2.24, 2.45) is 23.2 Å². The zero-order valence-corrected chi connectivity index (χ0v) is 16.4. The molecule has 1 heterocycles. The summed E-state index contributed by atoms with van der Waals surface area (Å²) in [6.45, 7) is 1.82. The smallest absolute Gasteiger partial charge is 0.319 e. The Morgan fingerprint density at radius 3 is 2.14 bits per heavy atom. The van der Waals surface area contributed by atoms with Gasteiger partial charge < -0.3 is 5.32 Å². The van der Waals surface area contributed by atoms with Crippen LogP contribution in [0.1, 0.15) is 57.4 Å². The summed E-state index contributed by atoms with van der Waals surface area (Å²) in [4.78, 5) is 40.6. The molecule has 28 heavy (non-hydrogen) atoms. The van der Waals surface area contributed by atoms with Gasteiger partial charge in [-0.05, 0) is 68.3 Å². The highest BCUT2D eigenvalue weighted by Gasteiger charge is 2.57. The zero-order valence-electron chi connectivity index (χ0n) is 16.4. The van der Waals surface area contributed by atoms with E-state index in [0.717, 1.165) is 24.8 Å². The molecule has 5 heteroatoms. The molecule has 148 valence electrons. The van der Waals surface area contributed by atoms with E-state index in [0.29, 0.717) is 24.2 Å². The lowest BCUT2D eigenvalue weighted by atomic mass is 9.48. The van der Waals surface area contributed by atoms with Crippen LogP contribution in [0.15, 0.2) is 30.3 Å². The van der Waals surface area contributed by atoms with Crippen LogP contribution < -0.4 is 5.32 Å². The summed E-state index contributed by atoms with van der Waals surface area (Å²) in [6.07, 6.45) is 7.13. The van der Waals surface area contributed by atoms with E-state index >= 15 is 0 Å². The molecule has 1 aliphatic heterocycles. The van der Waals surface area contributed by atoms with Crippen LogP contribution in [0.3, 0.4) is 0 Å². The van der Waals surface area contributed by atoms with Gasteiger partial charge in [0.2, 0.25) is 0 Å². The fourth-order valence-corrected chi connectivity index (χ4v) is 6.90. The van der Waals surface area contributed by atoms with Crippen LogP contribution >= 0.6 is 0 Å². The molecule has 1 atom stereocenters. The zero-order chi connectivity index (χ0) is 19.5.